The van der Waals surface area contributed by atoms with Crippen molar-refractivity contribution in [3.05, 3.63) is 29.6 Å². The third-order valence-electron chi connectivity index (χ3n) is 4.12. The Kier molecular flexibility index (Phi) is 4.16. The number of halogens is 1. The van der Waals surface area contributed by atoms with Crippen molar-refractivity contribution in [2.24, 2.45) is 0 Å². The van der Waals surface area contributed by atoms with Crippen LogP contribution in [-0.4, -0.2) is 39.1 Å². The first-order chi connectivity index (χ1) is 11.4. The summed E-state index contributed by atoms with van der Waals surface area (Å²) in [6.07, 6.45) is 2.36. The summed E-state index contributed by atoms with van der Waals surface area (Å²) in [4.78, 5) is 25.7. The summed E-state index contributed by atoms with van der Waals surface area (Å²) < 4.78 is 19.6. The number of carbonyl (C=O) groups is 1. The summed E-state index contributed by atoms with van der Waals surface area (Å²) in [5, 5.41) is 6.85. The Hall–Kier alpha value is -2.58. The van der Waals surface area contributed by atoms with Crippen molar-refractivity contribution in [2.75, 3.05) is 18.0 Å². The van der Waals surface area contributed by atoms with E-state index in [1.165, 1.54) is 13.3 Å². The average molecular weight is 334 g/mol. The Morgan fingerprint density at radius 1 is 1.50 bits per heavy atom. The van der Waals surface area contributed by atoms with Gasteiger partial charge in [0, 0.05) is 20.4 Å². The monoisotopic (exact) mass is 334 g/mol. The van der Waals surface area contributed by atoms with Crippen molar-refractivity contribution in [3.63, 3.8) is 0 Å². The normalized spacial score (nSPS) is 20.4. The molecule has 1 fully saturated rings. The number of carbonyl (C=O) groups excluding carboxylic acids is 1. The zero-order chi connectivity index (χ0) is 17.3. The maximum Gasteiger partial charge on any atom is 0.223 e. The SMILES string of the molecule is CCc1ncnc(N2CCC(NC(C)=O)(c3noc(C)n3)C2)c1F. The van der Waals surface area contributed by atoms with Crippen LogP contribution in [0, 0.1) is 12.7 Å². The van der Waals surface area contributed by atoms with Crippen LogP contribution in [0.4, 0.5) is 10.2 Å². The second kappa shape index (κ2) is 6.14. The molecule has 2 aromatic rings. The van der Waals surface area contributed by atoms with Gasteiger partial charge < -0.3 is 14.7 Å². The van der Waals surface area contributed by atoms with Gasteiger partial charge in [-0.25, -0.2) is 14.4 Å². The number of aryl methyl sites for hydroxylation is 2. The van der Waals surface area contributed by atoms with Crippen molar-refractivity contribution in [1.29, 1.82) is 0 Å². The van der Waals surface area contributed by atoms with E-state index >= 15 is 0 Å². The molecule has 1 aliphatic rings. The highest BCUT2D eigenvalue weighted by atomic mass is 19.1. The minimum Gasteiger partial charge on any atom is -0.351 e. The van der Waals surface area contributed by atoms with E-state index < -0.39 is 11.4 Å². The first-order valence-corrected chi connectivity index (χ1v) is 7.79. The van der Waals surface area contributed by atoms with Gasteiger partial charge in [-0.15, -0.1) is 0 Å². The van der Waals surface area contributed by atoms with E-state index in [1.807, 2.05) is 6.92 Å². The number of amides is 1. The van der Waals surface area contributed by atoms with Crippen LogP contribution in [-0.2, 0) is 16.8 Å². The third kappa shape index (κ3) is 2.81. The van der Waals surface area contributed by atoms with Gasteiger partial charge in [-0.2, -0.15) is 4.98 Å². The predicted molar refractivity (Wildman–Crippen MR) is 82.7 cm³/mol. The van der Waals surface area contributed by atoms with E-state index in [1.54, 1.807) is 11.8 Å². The fourth-order valence-corrected chi connectivity index (χ4v) is 3.02. The fourth-order valence-electron chi connectivity index (χ4n) is 3.02. The molecule has 24 heavy (non-hydrogen) atoms. The molecule has 3 heterocycles. The second-order valence-electron chi connectivity index (χ2n) is 5.88. The molecule has 0 saturated carbocycles. The zero-order valence-corrected chi connectivity index (χ0v) is 13.8. The van der Waals surface area contributed by atoms with Gasteiger partial charge in [0.15, 0.2) is 17.5 Å². The molecule has 0 radical (unpaired) electrons. The molecule has 0 aromatic carbocycles. The van der Waals surface area contributed by atoms with Gasteiger partial charge in [0.05, 0.1) is 12.2 Å². The molecule has 1 saturated heterocycles. The Morgan fingerprint density at radius 2 is 2.29 bits per heavy atom. The van der Waals surface area contributed by atoms with Crippen LogP contribution in [0.15, 0.2) is 10.9 Å². The lowest BCUT2D eigenvalue weighted by Gasteiger charge is -2.27. The van der Waals surface area contributed by atoms with Gasteiger partial charge in [-0.05, 0) is 12.8 Å². The van der Waals surface area contributed by atoms with Gasteiger partial charge in [-0.1, -0.05) is 12.1 Å². The Balaban J connectivity index is 1.94. The van der Waals surface area contributed by atoms with E-state index in [-0.39, 0.29) is 11.7 Å². The topological polar surface area (TPSA) is 97.0 Å². The molecular weight excluding hydrogens is 315 g/mol. The molecule has 0 aliphatic carbocycles. The maximum absolute atomic E-state index is 14.5. The standard InChI is InChI=1S/C15H19FN6O2/c1-4-11-12(16)13(18-8-17-11)22-6-5-15(7-22,20-9(2)23)14-19-10(3)24-21-14/h8H,4-7H2,1-3H3,(H,20,23). The molecule has 3 rings (SSSR count). The molecule has 9 heteroatoms. The summed E-state index contributed by atoms with van der Waals surface area (Å²) in [7, 11) is 0. The first kappa shape index (κ1) is 16.3. The van der Waals surface area contributed by atoms with Crippen LogP contribution in [0.5, 0.6) is 0 Å². The van der Waals surface area contributed by atoms with Crippen LogP contribution < -0.4 is 10.2 Å². The summed E-state index contributed by atoms with van der Waals surface area (Å²) in [5.41, 5.74) is -0.458. The lowest BCUT2D eigenvalue weighted by Crippen LogP contribution is -2.48. The average Bonchev–Trinajstić information content (AvgIpc) is 3.15. The van der Waals surface area contributed by atoms with Gasteiger partial charge in [-0.3, -0.25) is 4.79 Å². The summed E-state index contributed by atoms with van der Waals surface area (Å²) in [5.74, 6) is 0.395. The molecular formula is C15H19FN6O2. The maximum atomic E-state index is 14.5. The van der Waals surface area contributed by atoms with Crippen LogP contribution in [0.2, 0.25) is 0 Å². The Labute approximate surface area is 138 Å². The second-order valence-corrected chi connectivity index (χ2v) is 5.88. The van der Waals surface area contributed by atoms with E-state index in [9.17, 15) is 9.18 Å². The quantitative estimate of drug-likeness (QED) is 0.894. The minimum absolute atomic E-state index is 0.211. The first-order valence-electron chi connectivity index (χ1n) is 7.79. The van der Waals surface area contributed by atoms with Crippen molar-refractivity contribution in [2.45, 2.75) is 39.2 Å². The molecule has 1 aliphatic heterocycles. The molecule has 1 atom stereocenters. The highest BCUT2D eigenvalue weighted by molar-refractivity contribution is 5.74. The van der Waals surface area contributed by atoms with E-state index in [0.717, 1.165) is 0 Å². The number of hydrogen-bond acceptors (Lipinski definition) is 7. The Morgan fingerprint density at radius 3 is 2.92 bits per heavy atom. The third-order valence-corrected chi connectivity index (χ3v) is 4.12. The largest absolute Gasteiger partial charge is 0.351 e. The molecule has 1 unspecified atom stereocenters. The summed E-state index contributed by atoms with van der Waals surface area (Å²) in [6, 6.07) is 0. The molecule has 8 nitrogen and oxygen atoms in total. The van der Waals surface area contributed by atoms with Crippen molar-refractivity contribution >= 4 is 11.7 Å². The minimum atomic E-state index is -0.826. The van der Waals surface area contributed by atoms with Crippen molar-refractivity contribution in [3.8, 4) is 0 Å². The summed E-state index contributed by atoms with van der Waals surface area (Å²) >= 11 is 0. The van der Waals surface area contributed by atoms with Crippen LogP contribution >= 0.6 is 0 Å². The zero-order valence-electron chi connectivity index (χ0n) is 13.8. The molecule has 1 N–H and O–H groups in total. The number of nitrogens with zero attached hydrogens (tertiary/aromatic N) is 5. The van der Waals surface area contributed by atoms with Crippen LogP contribution in [0.25, 0.3) is 0 Å². The molecule has 128 valence electrons. The van der Waals surface area contributed by atoms with Gasteiger partial charge in [0.1, 0.15) is 11.9 Å². The van der Waals surface area contributed by atoms with Crippen molar-refractivity contribution in [1.82, 2.24) is 25.4 Å². The van der Waals surface area contributed by atoms with E-state index in [0.29, 0.717) is 43.3 Å². The fraction of sp³-hybridized carbons (Fsp3) is 0.533. The van der Waals surface area contributed by atoms with Gasteiger partial charge in [0.2, 0.25) is 11.8 Å². The van der Waals surface area contributed by atoms with Gasteiger partial charge in [0.25, 0.3) is 0 Å². The van der Waals surface area contributed by atoms with E-state index in [4.69, 9.17) is 4.52 Å². The van der Waals surface area contributed by atoms with Crippen LogP contribution in [0.3, 0.4) is 0 Å². The predicted octanol–water partition coefficient (Wildman–Crippen LogP) is 1.11. The summed E-state index contributed by atoms with van der Waals surface area (Å²) in [6.45, 7) is 5.76. The smallest absolute Gasteiger partial charge is 0.223 e. The number of nitrogens with one attached hydrogen (secondary N) is 1. The number of aromatic nitrogens is 4. The van der Waals surface area contributed by atoms with E-state index in [2.05, 4.69) is 25.4 Å². The molecule has 0 bridgehead atoms. The number of rotatable bonds is 4. The number of hydrogen-bond donors (Lipinski definition) is 1. The number of anilines is 1. The van der Waals surface area contributed by atoms with Crippen molar-refractivity contribution < 1.29 is 13.7 Å². The highest BCUT2D eigenvalue weighted by Gasteiger charge is 2.45. The lowest BCUT2D eigenvalue weighted by atomic mass is 9.97. The Bertz CT molecular complexity index is 764. The molecule has 2 aromatic heterocycles. The molecule has 0 spiro atoms. The molecule has 1 amide bonds. The van der Waals surface area contributed by atoms with Gasteiger partial charge >= 0.3 is 0 Å². The lowest BCUT2D eigenvalue weighted by molar-refractivity contribution is -0.120. The van der Waals surface area contributed by atoms with Crippen LogP contribution in [0.1, 0.15) is 37.7 Å². The highest BCUT2D eigenvalue weighted by Crippen LogP contribution is 2.33.